The number of hydrogen-bond acceptors (Lipinski definition) is 2. The van der Waals surface area contributed by atoms with E-state index < -0.39 is 6.10 Å². The highest BCUT2D eigenvalue weighted by molar-refractivity contribution is 5.64. The van der Waals surface area contributed by atoms with Crippen LogP contribution in [0.2, 0.25) is 0 Å². The lowest BCUT2D eigenvalue weighted by Gasteiger charge is -2.29. The summed E-state index contributed by atoms with van der Waals surface area (Å²) in [4.78, 5) is 4.43. The van der Waals surface area contributed by atoms with Crippen LogP contribution in [0, 0.1) is 5.92 Å². The van der Waals surface area contributed by atoms with Crippen LogP contribution in [0.15, 0.2) is 61.2 Å². The van der Waals surface area contributed by atoms with Crippen LogP contribution in [0.3, 0.4) is 0 Å². The summed E-state index contributed by atoms with van der Waals surface area (Å²) in [7, 11) is 0. The molecule has 0 saturated heterocycles. The molecule has 1 unspecified atom stereocenters. The van der Waals surface area contributed by atoms with Crippen molar-refractivity contribution in [1.29, 1.82) is 0 Å². The Kier molecular flexibility index (Phi) is 7.88. The van der Waals surface area contributed by atoms with Crippen LogP contribution in [-0.2, 0) is 4.89 Å². The highest BCUT2D eigenvalue weighted by atomic mass is 17.1. The van der Waals surface area contributed by atoms with Crippen LogP contribution >= 0.6 is 0 Å². The molecule has 1 aliphatic carbocycles. The summed E-state index contributed by atoms with van der Waals surface area (Å²) in [6, 6.07) is 17.2. The molecular formula is C26H34O2. The van der Waals surface area contributed by atoms with Crippen LogP contribution < -0.4 is 0 Å². The van der Waals surface area contributed by atoms with Gasteiger partial charge in [-0.1, -0.05) is 87.2 Å². The van der Waals surface area contributed by atoms with Crippen LogP contribution in [0.4, 0.5) is 0 Å². The lowest BCUT2D eigenvalue weighted by molar-refractivity contribution is -0.268. The number of unbranched alkanes of at least 4 members (excludes halogenated alkanes) is 2. The Bertz CT molecular complexity index is 709. The van der Waals surface area contributed by atoms with Crippen LogP contribution in [0.1, 0.15) is 81.4 Å². The van der Waals surface area contributed by atoms with Crippen molar-refractivity contribution >= 4 is 0 Å². The molecule has 2 heteroatoms. The molecule has 0 heterocycles. The topological polar surface area (TPSA) is 29.5 Å². The van der Waals surface area contributed by atoms with E-state index in [-0.39, 0.29) is 0 Å². The minimum Gasteiger partial charge on any atom is -0.251 e. The molecule has 2 aromatic rings. The van der Waals surface area contributed by atoms with Gasteiger partial charge < -0.3 is 0 Å². The third-order valence-electron chi connectivity index (χ3n) is 6.34. The molecule has 0 amide bonds. The number of hydrogen-bond donors (Lipinski definition) is 1. The minimum atomic E-state index is -0.478. The van der Waals surface area contributed by atoms with E-state index in [4.69, 9.17) is 5.26 Å². The summed E-state index contributed by atoms with van der Waals surface area (Å²) < 4.78 is 0. The molecule has 0 aliphatic heterocycles. The lowest BCUT2D eigenvalue weighted by atomic mass is 9.77. The predicted octanol–water partition coefficient (Wildman–Crippen LogP) is 7.92. The molecule has 0 aromatic heterocycles. The first-order chi connectivity index (χ1) is 13.7. The average Bonchev–Trinajstić information content (AvgIpc) is 2.76. The molecule has 1 aliphatic rings. The van der Waals surface area contributed by atoms with Gasteiger partial charge in [0, 0.05) is 0 Å². The molecule has 0 bridgehead atoms. The predicted molar refractivity (Wildman–Crippen MR) is 117 cm³/mol. The normalized spacial score (nSPS) is 20.6. The quantitative estimate of drug-likeness (QED) is 0.208. The molecular weight excluding hydrogens is 344 g/mol. The summed E-state index contributed by atoms with van der Waals surface area (Å²) in [6.45, 7) is 5.97. The zero-order chi connectivity index (χ0) is 19.8. The van der Waals surface area contributed by atoms with E-state index in [1.165, 1.54) is 68.1 Å². The van der Waals surface area contributed by atoms with Gasteiger partial charge in [0.1, 0.15) is 6.10 Å². The van der Waals surface area contributed by atoms with Gasteiger partial charge in [0.05, 0.1) is 0 Å². The van der Waals surface area contributed by atoms with Crippen molar-refractivity contribution in [1.82, 2.24) is 0 Å². The SMILES string of the molecule is C=CC(OO)c1ccc(-c2ccc(C3CCC(CCCCC)CC3)cc2)cc1. The van der Waals surface area contributed by atoms with Gasteiger partial charge in [0.15, 0.2) is 0 Å². The second-order valence-corrected chi connectivity index (χ2v) is 8.22. The summed E-state index contributed by atoms with van der Waals surface area (Å²) in [6.07, 6.45) is 12.2. The molecule has 1 N–H and O–H groups in total. The third-order valence-corrected chi connectivity index (χ3v) is 6.34. The highest BCUT2D eigenvalue weighted by Crippen LogP contribution is 2.38. The van der Waals surface area contributed by atoms with E-state index in [0.29, 0.717) is 0 Å². The van der Waals surface area contributed by atoms with Crippen molar-refractivity contribution in [2.75, 3.05) is 0 Å². The van der Waals surface area contributed by atoms with E-state index >= 15 is 0 Å². The van der Waals surface area contributed by atoms with E-state index in [1.54, 1.807) is 6.08 Å². The zero-order valence-electron chi connectivity index (χ0n) is 17.1. The molecule has 0 radical (unpaired) electrons. The van der Waals surface area contributed by atoms with Gasteiger partial charge in [0.25, 0.3) is 0 Å². The molecule has 1 fully saturated rings. The third kappa shape index (κ3) is 5.33. The van der Waals surface area contributed by atoms with Crippen molar-refractivity contribution in [3.8, 4) is 11.1 Å². The van der Waals surface area contributed by atoms with Crippen molar-refractivity contribution in [2.45, 2.75) is 70.3 Å². The van der Waals surface area contributed by atoms with Crippen molar-refractivity contribution < 1.29 is 10.1 Å². The van der Waals surface area contributed by atoms with Gasteiger partial charge in [0.2, 0.25) is 0 Å². The maximum Gasteiger partial charge on any atom is 0.136 e. The molecule has 150 valence electrons. The monoisotopic (exact) mass is 378 g/mol. The standard InChI is InChI=1S/C26H34O2/c1-3-5-6-7-20-8-10-21(11-9-20)22-12-14-23(15-13-22)24-16-18-25(19-17-24)26(4-2)28-27/h4,12-21,26-27H,2-3,5-11H2,1H3. The first kappa shape index (κ1) is 20.8. The fourth-order valence-corrected chi connectivity index (χ4v) is 4.52. The first-order valence-corrected chi connectivity index (χ1v) is 10.9. The lowest BCUT2D eigenvalue weighted by Crippen LogP contribution is -2.13. The summed E-state index contributed by atoms with van der Waals surface area (Å²) in [5.74, 6) is 1.69. The Balaban J connectivity index is 1.57. The Morgan fingerprint density at radius 2 is 1.57 bits per heavy atom. The van der Waals surface area contributed by atoms with Gasteiger partial charge in [-0.2, -0.15) is 0 Å². The summed E-state index contributed by atoms with van der Waals surface area (Å²) >= 11 is 0. The summed E-state index contributed by atoms with van der Waals surface area (Å²) in [5.41, 5.74) is 4.79. The molecule has 28 heavy (non-hydrogen) atoms. The fraction of sp³-hybridized carbons (Fsp3) is 0.462. The minimum absolute atomic E-state index is 0.478. The van der Waals surface area contributed by atoms with Crippen molar-refractivity contribution in [2.24, 2.45) is 5.92 Å². The molecule has 2 nitrogen and oxygen atoms in total. The van der Waals surface area contributed by atoms with Crippen molar-refractivity contribution in [3.63, 3.8) is 0 Å². The Labute approximate surface area is 170 Å². The second-order valence-electron chi connectivity index (χ2n) is 8.22. The van der Waals surface area contributed by atoms with E-state index in [1.807, 2.05) is 12.1 Å². The maximum absolute atomic E-state index is 8.92. The molecule has 1 atom stereocenters. The first-order valence-electron chi connectivity index (χ1n) is 10.9. The van der Waals surface area contributed by atoms with Gasteiger partial charge in [-0.3, -0.25) is 5.26 Å². The molecule has 0 spiro atoms. The average molecular weight is 379 g/mol. The largest absolute Gasteiger partial charge is 0.251 e. The van der Waals surface area contributed by atoms with Gasteiger partial charge in [-0.05, 0) is 59.8 Å². The Morgan fingerprint density at radius 3 is 2.11 bits per heavy atom. The van der Waals surface area contributed by atoms with Gasteiger partial charge >= 0.3 is 0 Å². The van der Waals surface area contributed by atoms with Gasteiger partial charge in [-0.15, -0.1) is 6.58 Å². The van der Waals surface area contributed by atoms with E-state index in [0.717, 1.165) is 17.4 Å². The van der Waals surface area contributed by atoms with Crippen LogP contribution in [-0.4, -0.2) is 5.26 Å². The van der Waals surface area contributed by atoms with Crippen LogP contribution in [0.5, 0.6) is 0 Å². The maximum atomic E-state index is 8.92. The molecule has 1 saturated carbocycles. The smallest absolute Gasteiger partial charge is 0.136 e. The van der Waals surface area contributed by atoms with Crippen LogP contribution in [0.25, 0.3) is 11.1 Å². The fourth-order valence-electron chi connectivity index (χ4n) is 4.52. The number of rotatable bonds is 9. The van der Waals surface area contributed by atoms with E-state index in [2.05, 4.69) is 54.8 Å². The van der Waals surface area contributed by atoms with E-state index in [9.17, 15) is 0 Å². The molecule has 2 aromatic carbocycles. The number of benzene rings is 2. The molecule has 3 rings (SSSR count). The highest BCUT2D eigenvalue weighted by Gasteiger charge is 2.22. The zero-order valence-corrected chi connectivity index (χ0v) is 17.1. The van der Waals surface area contributed by atoms with Gasteiger partial charge in [-0.25, -0.2) is 4.89 Å². The Morgan fingerprint density at radius 1 is 0.964 bits per heavy atom. The second kappa shape index (κ2) is 10.6. The summed E-state index contributed by atoms with van der Waals surface area (Å²) in [5, 5.41) is 8.92. The van der Waals surface area contributed by atoms with Crippen molar-refractivity contribution in [3.05, 3.63) is 72.3 Å². The Hall–Kier alpha value is -1.90.